The largest absolute Gasteiger partial charge is 0.462 e. The van der Waals surface area contributed by atoms with Crippen LogP contribution >= 0.6 is 12.4 Å². The lowest BCUT2D eigenvalue weighted by Crippen LogP contribution is -2.16. The second kappa shape index (κ2) is 10.3. The molecule has 6 nitrogen and oxygen atoms in total. The van der Waals surface area contributed by atoms with Crippen molar-refractivity contribution in [3.05, 3.63) is 53.6 Å². The number of nitrogens with two attached hydrogens (primary N) is 1. The zero-order chi connectivity index (χ0) is 18.2. The van der Waals surface area contributed by atoms with E-state index in [4.69, 9.17) is 10.5 Å². The van der Waals surface area contributed by atoms with Crippen LogP contribution in [0.5, 0.6) is 0 Å². The fraction of sp³-hybridized carbons (Fsp3) is 0.263. The molecule has 1 amide bonds. The molecule has 0 unspecified atom stereocenters. The second-order valence-corrected chi connectivity index (χ2v) is 5.48. The Morgan fingerprint density at radius 3 is 2.35 bits per heavy atom. The molecule has 0 aliphatic rings. The second-order valence-electron chi connectivity index (χ2n) is 5.48. The standard InChI is InChI=1S/C19H23N3O3.ClH/c1-3-21-16-10-7-14(19(24)25-4-2)12-17(16)22-18(23)11-13-5-8-15(20)9-6-13;/h5-10,12,21H,3-4,11,20H2,1-2H3,(H,22,23);1H. The first kappa shape index (κ1) is 21.3. The van der Waals surface area contributed by atoms with Crippen molar-refractivity contribution in [2.75, 3.05) is 29.5 Å². The molecule has 7 heteroatoms. The summed E-state index contributed by atoms with van der Waals surface area (Å²) in [6, 6.07) is 12.2. The lowest BCUT2D eigenvalue weighted by Gasteiger charge is -2.14. The van der Waals surface area contributed by atoms with Gasteiger partial charge in [-0.2, -0.15) is 0 Å². The van der Waals surface area contributed by atoms with Crippen LogP contribution < -0.4 is 16.4 Å². The van der Waals surface area contributed by atoms with Gasteiger partial charge in [-0.15, -0.1) is 12.4 Å². The van der Waals surface area contributed by atoms with Gasteiger partial charge in [0.25, 0.3) is 0 Å². The molecule has 0 aromatic heterocycles. The number of benzene rings is 2. The van der Waals surface area contributed by atoms with Crippen molar-refractivity contribution in [1.82, 2.24) is 0 Å². The summed E-state index contributed by atoms with van der Waals surface area (Å²) in [5.41, 5.74) is 8.86. The summed E-state index contributed by atoms with van der Waals surface area (Å²) in [5.74, 6) is -0.593. The summed E-state index contributed by atoms with van der Waals surface area (Å²) < 4.78 is 5.01. The Kier molecular flexibility index (Phi) is 8.45. The molecule has 0 saturated heterocycles. The van der Waals surface area contributed by atoms with E-state index in [9.17, 15) is 9.59 Å². The third kappa shape index (κ3) is 5.97. The van der Waals surface area contributed by atoms with E-state index in [0.29, 0.717) is 30.1 Å². The SMILES string of the molecule is CCNc1ccc(C(=O)OCC)cc1NC(=O)Cc1ccc(N)cc1.Cl. The van der Waals surface area contributed by atoms with Crippen LogP contribution in [-0.2, 0) is 16.0 Å². The number of carbonyl (C=O) groups is 2. The van der Waals surface area contributed by atoms with E-state index in [2.05, 4.69) is 10.6 Å². The first-order valence-electron chi connectivity index (χ1n) is 8.22. The van der Waals surface area contributed by atoms with E-state index in [1.54, 1.807) is 37.3 Å². The third-order valence-electron chi connectivity index (χ3n) is 3.52. The van der Waals surface area contributed by atoms with Crippen molar-refractivity contribution in [3.8, 4) is 0 Å². The highest BCUT2D eigenvalue weighted by Gasteiger charge is 2.13. The van der Waals surface area contributed by atoms with Gasteiger partial charge in [0.15, 0.2) is 0 Å². The number of esters is 1. The normalized spacial score (nSPS) is 9.77. The molecule has 0 radical (unpaired) electrons. The predicted octanol–water partition coefficient (Wildman–Crippen LogP) is 3.48. The molecule has 0 saturated carbocycles. The van der Waals surface area contributed by atoms with E-state index in [1.165, 1.54) is 0 Å². The number of nitrogens with one attached hydrogen (secondary N) is 2. The van der Waals surface area contributed by atoms with Crippen LogP contribution in [0.15, 0.2) is 42.5 Å². The fourth-order valence-electron chi connectivity index (χ4n) is 2.35. The summed E-state index contributed by atoms with van der Waals surface area (Å²) in [7, 11) is 0. The highest BCUT2D eigenvalue weighted by molar-refractivity contribution is 5.98. The quantitative estimate of drug-likeness (QED) is 0.507. The van der Waals surface area contributed by atoms with E-state index >= 15 is 0 Å². The van der Waals surface area contributed by atoms with Crippen LogP contribution in [-0.4, -0.2) is 25.0 Å². The highest BCUT2D eigenvalue weighted by Crippen LogP contribution is 2.24. The number of amides is 1. The summed E-state index contributed by atoms with van der Waals surface area (Å²) in [5, 5.41) is 6.02. The first-order valence-corrected chi connectivity index (χ1v) is 8.22. The predicted molar refractivity (Wildman–Crippen MR) is 107 cm³/mol. The molecule has 0 aliphatic carbocycles. The van der Waals surface area contributed by atoms with Crippen LogP contribution in [0, 0.1) is 0 Å². The third-order valence-corrected chi connectivity index (χ3v) is 3.52. The van der Waals surface area contributed by atoms with Gasteiger partial charge in [0, 0.05) is 12.2 Å². The Labute approximate surface area is 159 Å². The Morgan fingerprint density at radius 2 is 1.73 bits per heavy atom. The van der Waals surface area contributed by atoms with Crippen LogP contribution in [0.25, 0.3) is 0 Å². The number of halogens is 1. The van der Waals surface area contributed by atoms with Gasteiger partial charge in [-0.1, -0.05) is 12.1 Å². The molecule has 0 heterocycles. The molecule has 0 aliphatic heterocycles. The summed E-state index contributed by atoms with van der Waals surface area (Å²) in [4.78, 5) is 24.3. The Bertz CT molecular complexity index is 748. The van der Waals surface area contributed by atoms with Gasteiger partial charge in [-0.05, 0) is 49.7 Å². The van der Waals surface area contributed by atoms with Crippen LogP contribution in [0.4, 0.5) is 17.1 Å². The summed E-state index contributed by atoms with van der Waals surface area (Å²) in [6.07, 6.45) is 0.218. The van der Waals surface area contributed by atoms with Gasteiger partial charge in [0.1, 0.15) is 0 Å². The number of rotatable bonds is 7. The number of anilines is 3. The minimum Gasteiger partial charge on any atom is -0.462 e. The molecule has 0 bridgehead atoms. The summed E-state index contributed by atoms with van der Waals surface area (Å²) in [6.45, 7) is 4.70. The van der Waals surface area contributed by atoms with Crippen molar-refractivity contribution < 1.29 is 14.3 Å². The molecule has 0 spiro atoms. The molecule has 140 valence electrons. The molecule has 4 N–H and O–H groups in total. The number of hydrogen-bond donors (Lipinski definition) is 3. The first-order chi connectivity index (χ1) is 12.0. The van der Waals surface area contributed by atoms with Gasteiger partial charge >= 0.3 is 5.97 Å². The molecular weight excluding hydrogens is 354 g/mol. The molecule has 0 atom stereocenters. The molecule has 0 fully saturated rings. The van der Waals surface area contributed by atoms with Crippen molar-refractivity contribution in [3.63, 3.8) is 0 Å². The number of carbonyl (C=O) groups excluding carboxylic acids is 2. The van der Waals surface area contributed by atoms with E-state index in [1.807, 2.05) is 19.1 Å². The van der Waals surface area contributed by atoms with E-state index < -0.39 is 5.97 Å². The smallest absolute Gasteiger partial charge is 0.338 e. The molecule has 2 rings (SSSR count). The molecule has 26 heavy (non-hydrogen) atoms. The Hall–Kier alpha value is -2.73. The van der Waals surface area contributed by atoms with Crippen molar-refractivity contribution in [2.24, 2.45) is 0 Å². The van der Waals surface area contributed by atoms with Gasteiger partial charge < -0.3 is 21.1 Å². The fourth-order valence-corrected chi connectivity index (χ4v) is 2.35. The number of nitrogen functional groups attached to an aromatic ring is 1. The average Bonchev–Trinajstić information content (AvgIpc) is 2.59. The van der Waals surface area contributed by atoms with Crippen LogP contribution in [0.2, 0.25) is 0 Å². The van der Waals surface area contributed by atoms with Crippen molar-refractivity contribution in [2.45, 2.75) is 20.3 Å². The Morgan fingerprint density at radius 1 is 1.04 bits per heavy atom. The van der Waals surface area contributed by atoms with Gasteiger partial charge in [0.05, 0.1) is 30.0 Å². The summed E-state index contributed by atoms with van der Waals surface area (Å²) >= 11 is 0. The lowest BCUT2D eigenvalue weighted by atomic mass is 10.1. The van der Waals surface area contributed by atoms with Crippen LogP contribution in [0.1, 0.15) is 29.8 Å². The zero-order valence-corrected chi connectivity index (χ0v) is 15.7. The lowest BCUT2D eigenvalue weighted by molar-refractivity contribution is -0.115. The molecule has 2 aromatic carbocycles. The van der Waals surface area contributed by atoms with Gasteiger partial charge in [-0.3, -0.25) is 4.79 Å². The van der Waals surface area contributed by atoms with Crippen molar-refractivity contribution >= 4 is 41.3 Å². The minimum absolute atomic E-state index is 0. The maximum absolute atomic E-state index is 12.3. The Balaban J connectivity index is 0.00000338. The topological polar surface area (TPSA) is 93.5 Å². The van der Waals surface area contributed by atoms with Crippen molar-refractivity contribution in [1.29, 1.82) is 0 Å². The van der Waals surface area contributed by atoms with E-state index in [-0.39, 0.29) is 24.7 Å². The number of ether oxygens (including phenoxy) is 1. The van der Waals surface area contributed by atoms with Gasteiger partial charge in [0.2, 0.25) is 5.91 Å². The zero-order valence-electron chi connectivity index (χ0n) is 14.9. The van der Waals surface area contributed by atoms with E-state index in [0.717, 1.165) is 11.3 Å². The maximum Gasteiger partial charge on any atom is 0.338 e. The molecule has 2 aromatic rings. The average molecular weight is 378 g/mol. The molecular formula is C19H24ClN3O3. The maximum atomic E-state index is 12.3. The highest BCUT2D eigenvalue weighted by atomic mass is 35.5. The number of hydrogen-bond acceptors (Lipinski definition) is 5. The van der Waals surface area contributed by atoms with Crippen LogP contribution in [0.3, 0.4) is 0 Å². The minimum atomic E-state index is -0.417. The monoisotopic (exact) mass is 377 g/mol. The van der Waals surface area contributed by atoms with Gasteiger partial charge in [-0.25, -0.2) is 4.79 Å².